The zero-order chi connectivity index (χ0) is 20.8. The van der Waals surface area contributed by atoms with Crippen LogP contribution in [0.3, 0.4) is 0 Å². The summed E-state index contributed by atoms with van der Waals surface area (Å²) in [5, 5.41) is 21.0. The molecule has 3 aromatic rings. The molecule has 0 saturated carbocycles. The minimum Gasteiger partial charge on any atom is -0.325 e. The molecule has 2 aromatic carbocycles. The number of benzene rings is 2. The van der Waals surface area contributed by atoms with Crippen molar-refractivity contribution in [2.24, 2.45) is 0 Å². The number of hydrogen-bond donors (Lipinski definition) is 1. The first-order valence-electron chi connectivity index (χ1n) is 9.49. The average Bonchev–Trinajstić information content (AvgIpc) is 3.10. The highest BCUT2D eigenvalue weighted by molar-refractivity contribution is 8.00. The number of hydrogen-bond acceptors (Lipinski definition) is 5. The molecule has 3 rings (SSSR count). The second kappa shape index (κ2) is 9.39. The number of thioether (sulfide) groups is 1. The number of amides is 1. The molecule has 0 spiro atoms. The Morgan fingerprint density at radius 3 is 2.76 bits per heavy atom. The van der Waals surface area contributed by atoms with E-state index in [9.17, 15) is 4.79 Å². The summed E-state index contributed by atoms with van der Waals surface area (Å²) in [7, 11) is 0. The fraction of sp³-hybridized carbons (Fsp3) is 0.273. The number of nitrogens with one attached hydrogen (secondary N) is 1. The lowest BCUT2D eigenvalue weighted by atomic mass is 10.1. The predicted octanol–water partition coefficient (Wildman–Crippen LogP) is 4.65. The second-order valence-electron chi connectivity index (χ2n) is 6.77. The van der Waals surface area contributed by atoms with E-state index in [4.69, 9.17) is 5.26 Å². The first-order valence-corrected chi connectivity index (χ1v) is 10.4. The molecule has 29 heavy (non-hydrogen) atoms. The maximum atomic E-state index is 12.6. The van der Waals surface area contributed by atoms with Gasteiger partial charge in [-0.3, -0.25) is 4.79 Å². The third-order valence-corrected chi connectivity index (χ3v) is 5.43. The minimum absolute atomic E-state index is 0.145. The van der Waals surface area contributed by atoms with Gasteiger partial charge < -0.3 is 9.88 Å². The molecule has 0 fully saturated rings. The van der Waals surface area contributed by atoms with Crippen LogP contribution in [0.2, 0.25) is 0 Å². The van der Waals surface area contributed by atoms with Gasteiger partial charge in [-0.15, -0.1) is 10.2 Å². The van der Waals surface area contributed by atoms with Gasteiger partial charge in [0.15, 0.2) is 11.0 Å². The van der Waals surface area contributed by atoms with Crippen LogP contribution in [-0.4, -0.2) is 25.9 Å². The topological polar surface area (TPSA) is 83.6 Å². The van der Waals surface area contributed by atoms with Crippen molar-refractivity contribution in [3.05, 3.63) is 59.7 Å². The van der Waals surface area contributed by atoms with E-state index in [1.54, 1.807) is 24.3 Å². The SMILES string of the molecule is CCCn1c(S[C@@H](C)C(=O)Nc2cccc(C#N)c2)nnc1-c1cccc(C)c1. The molecule has 1 amide bonds. The predicted molar refractivity (Wildman–Crippen MR) is 116 cm³/mol. The standard InChI is InChI=1S/C22H23N5OS/c1-4-11-27-20(18-9-5-7-15(2)12-18)25-26-22(27)29-16(3)21(28)24-19-10-6-8-17(13-19)14-23/h5-10,12-13,16H,4,11H2,1-3H3,(H,24,28)/t16-/m0/s1. The van der Waals surface area contributed by atoms with Crippen LogP contribution in [0.5, 0.6) is 0 Å². The van der Waals surface area contributed by atoms with Gasteiger partial charge in [0.25, 0.3) is 0 Å². The molecule has 1 N–H and O–H groups in total. The Morgan fingerprint density at radius 2 is 2.03 bits per heavy atom. The summed E-state index contributed by atoms with van der Waals surface area (Å²) in [6.07, 6.45) is 0.936. The number of carbonyl (C=O) groups excluding carboxylic acids is 1. The van der Waals surface area contributed by atoms with Gasteiger partial charge in [-0.05, 0) is 44.5 Å². The first kappa shape index (κ1) is 20.6. The van der Waals surface area contributed by atoms with Crippen molar-refractivity contribution >= 4 is 23.4 Å². The van der Waals surface area contributed by atoms with Gasteiger partial charge >= 0.3 is 0 Å². The fourth-order valence-corrected chi connectivity index (χ4v) is 3.80. The Hall–Kier alpha value is -3.11. The molecular formula is C22H23N5OS. The highest BCUT2D eigenvalue weighted by atomic mass is 32.2. The highest BCUT2D eigenvalue weighted by Gasteiger charge is 2.21. The lowest BCUT2D eigenvalue weighted by molar-refractivity contribution is -0.115. The zero-order valence-electron chi connectivity index (χ0n) is 16.7. The highest BCUT2D eigenvalue weighted by Crippen LogP contribution is 2.28. The van der Waals surface area contributed by atoms with Gasteiger partial charge in [0.2, 0.25) is 5.91 Å². The van der Waals surface area contributed by atoms with E-state index in [1.807, 2.05) is 32.0 Å². The third-order valence-electron chi connectivity index (χ3n) is 4.35. The van der Waals surface area contributed by atoms with Crippen LogP contribution in [0.1, 0.15) is 31.4 Å². The maximum Gasteiger partial charge on any atom is 0.237 e. The molecular weight excluding hydrogens is 382 g/mol. The van der Waals surface area contributed by atoms with E-state index in [0.29, 0.717) is 11.3 Å². The number of carbonyl (C=O) groups is 1. The Balaban J connectivity index is 1.78. The van der Waals surface area contributed by atoms with Crippen LogP contribution in [0.15, 0.2) is 53.7 Å². The number of rotatable bonds is 7. The van der Waals surface area contributed by atoms with Crippen LogP contribution in [0.4, 0.5) is 5.69 Å². The average molecular weight is 406 g/mol. The van der Waals surface area contributed by atoms with Gasteiger partial charge in [-0.2, -0.15) is 5.26 Å². The van der Waals surface area contributed by atoms with E-state index in [0.717, 1.165) is 35.1 Å². The minimum atomic E-state index is -0.370. The van der Waals surface area contributed by atoms with Crippen LogP contribution in [0.25, 0.3) is 11.4 Å². The van der Waals surface area contributed by atoms with Crippen LogP contribution < -0.4 is 5.32 Å². The van der Waals surface area contributed by atoms with Crippen LogP contribution in [-0.2, 0) is 11.3 Å². The van der Waals surface area contributed by atoms with Crippen molar-refractivity contribution in [3.8, 4) is 17.5 Å². The maximum absolute atomic E-state index is 12.6. The molecule has 148 valence electrons. The van der Waals surface area contributed by atoms with Crippen molar-refractivity contribution in [2.75, 3.05) is 5.32 Å². The Morgan fingerprint density at radius 1 is 1.24 bits per heavy atom. The van der Waals surface area contributed by atoms with Gasteiger partial charge in [-0.25, -0.2) is 0 Å². The Bertz CT molecular complexity index is 1050. The quantitative estimate of drug-likeness (QED) is 0.578. The van der Waals surface area contributed by atoms with Crippen molar-refractivity contribution in [3.63, 3.8) is 0 Å². The van der Waals surface area contributed by atoms with Crippen LogP contribution >= 0.6 is 11.8 Å². The lowest BCUT2D eigenvalue weighted by Crippen LogP contribution is -2.23. The van der Waals surface area contributed by atoms with E-state index < -0.39 is 0 Å². The summed E-state index contributed by atoms with van der Waals surface area (Å²) in [4.78, 5) is 12.6. The zero-order valence-corrected chi connectivity index (χ0v) is 17.5. The number of aromatic nitrogens is 3. The molecule has 1 aromatic heterocycles. The van der Waals surface area contributed by atoms with Gasteiger partial charge in [0, 0.05) is 17.8 Å². The lowest BCUT2D eigenvalue weighted by Gasteiger charge is -2.13. The van der Waals surface area contributed by atoms with Gasteiger partial charge in [-0.1, -0.05) is 48.5 Å². The van der Waals surface area contributed by atoms with E-state index in [-0.39, 0.29) is 11.2 Å². The van der Waals surface area contributed by atoms with Gasteiger partial charge in [0.1, 0.15) is 0 Å². The van der Waals surface area contributed by atoms with E-state index >= 15 is 0 Å². The molecule has 0 aliphatic carbocycles. The molecule has 7 heteroatoms. The summed E-state index contributed by atoms with van der Waals surface area (Å²) in [5.74, 6) is 0.667. The van der Waals surface area contributed by atoms with Crippen molar-refractivity contribution in [2.45, 2.75) is 44.1 Å². The van der Waals surface area contributed by atoms with E-state index in [2.05, 4.69) is 39.1 Å². The monoisotopic (exact) mass is 405 g/mol. The normalized spacial score (nSPS) is 11.7. The molecule has 1 atom stereocenters. The number of anilines is 1. The largest absolute Gasteiger partial charge is 0.325 e. The van der Waals surface area contributed by atoms with Crippen molar-refractivity contribution in [1.29, 1.82) is 5.26 Å². The Kier molecular flexibility index (Phi) is 6.68. The van der Waals surface area contributed by atoms with Crippen molar-refractivity contribution in [1.82, 2.24) is 14.8 Å². The first-order chi connectivity index (χ1) is 14.0. The third kappa shape index (κ3) is 5.04. The van der Waals surface area contributed by atoms with E-state index in [1.165, 1.54) is 11.8 Å². The van der Waals surface area contributed by atoms with Gasteiger partial charge in [0.05, 0.1) is 16.9 Å². The molecule has 0 saturated heterocycles. The summed E-state index contributed by atoms with van der Waals surface area (Å²) >= 11 is 1.38. The van der Waals surface area contributed by atoms with Crippen molar-refractivity contribution < 1.29 is 4.79 Å². The number of aryl methyl sites for hydroxylation is 1. The number of nitriles is 1. The Labute approximate surface area is 175 Å². The second-order valence-corrected chi connectivity index (χ2v) is 8.08. The summed E-state index contributed by atoms with van der Waals surface area (Å²) < 4.78 is 2.07. The number of nitrogens with zero attached hydrogens (tertiary/aromatic N) is 4. The molecule has 6 nitrogen and oxygen atoms in total. The molecule has 0 bridgehead atoms. The summed E-state index contributed by atoms with van der Waals surface area (Å²) in [6, 6.07) is 17.1. The summed E-state index contributed by atoms with van der Waals surface area (Å²) in [5.41, 5.74) is 3.30. The fourth-order valence-electron chi connectivity index (χ4n) is 2.92. The smallest absolute Gasteiger partial charge is 0.237 e. The molecule has 0 radical (unpaired) electrons. The molecule has 0 aliphatic heterocycles. The molecule has 1 heterocycles. The van der Waals surface area contributed by atoms with Crippen LogP contribution in [0, 0.1) is 18.3 Å². The molecule has 0 unspecified atom stereocenters. The molecule has 0 aliphatic rings. The summed E-state index contributed by atoms with van der Waals surface area (Å²) in [6.45, 7) is 6.77.